The van der Waals surface area contributed by atoms with E-state index in [0.29, 0.717) is 17.9 Å². The molecule has 0 radical (unpaired) electrons. The maximum Gasteiger partial charge on any atom is 0.322 e. The van der Waals surface area contributed by atoms with Crippen molar-refractivity contribution < 1.29 is 9.21 Å². The van der Waals surface area contributed by atoms with E-state index in [0.717, 1.165) is 10.0 Å². The molecule has 0 aliphatic carbocycles. The van der Waals surface area contributed by atoms with E-state index < -0.39 is 0 Å². The van der Waals surface area contributed by atoms with Crippen molar-refractivity contribution in [1.29, 1.82) is 0 Å². The van der Waals surface area contributed by atoms with Crippen molar-refractivity contribution in [3.05, 3.63) is 75.1 Å². The van der Waals surface area contributed by atoms with Gasteiger partial charge >= 0.3 is 6.01 Å². The second kappa shape index (κ2) is 6.97. The van der Waals surface area contributed by atoms with Gasteiger partial charge in [-0.2, -0.15) is 0 Å². The highest BCUT2D eigenvalue weighted by Gasteiger charge is 2.12. The highest BCUT2D eigenvalue weighted by Crippen LogP contribution is 2.16. The van der Waals surface area contributed by atoms with Gasteiger partial charge in [0.25, 0.3) is 5.91 Å². The zero-order valence-corrected chi connectivity index (χ0v) is 14.9. The summed E-state index contributed by atoms with van der Waals surface area (Å²) in [4.78, 5) is 12.1. The number of carbonyl (C=O) groups is 1. The van der Waals surface area contributed by atoms with Crippen molar-refractivity contribution in [2.45, 2.75) is 20.3 Å². The summed E-state index contributed by atoms with van der Waals surface area (Å²) in [6.45, 7) is 4.14. The second-order valence-corrected chi connectivity index (χ2v) is 6.47. The van der Waals surface area contributed by atoms with Crippen molar-refractivity contribution in [1.82, 2.24) is 10.2 Å². The predicted molar refractivity (Wildman–Crippen MR) is 95.1 cm³/mol. The third-order valence-electron chi connectivity index (χ3n) is 3.72. The van der Waals surface area contributed by atoms with E-state index >= 15 is 0 Å². The first kappa shape index (κ1) is 16.4. The number of carbonyl (C=O) groups excluding carboxylic acids is 1. The van der Waals surface area contributed by atoms with Gasteiger partial charge < -0.3 is 4.42 Å². The molecule has 122 valence electrons. The number of aryl methyl sites for hydroxylation is 2. The van der Waals surface area contributed by atoms with Gasteiger partial charge in [0.2, 0.25) is 5.89 Å². The fraction of sp³-hybridized carbons (Fsp3) is 0.167. The summed E-state index contributed by atoms with van der Waals surface area (Å²) in [5.74, 6) is 0.174. The maximum atomic E-state index is 12.1. The van der Waals surface area contributed by atoms with Gasteiger partial charge in [0.05, 0.1) is 6.42 Å². The zero-order valence-electron chi connectivity index (χ0n) is 13.3. The fourth-order valence-electron chi connectivity index (χ4n) is 2.23. The highest BCUT2D eigenvalue weighted by atomic mass is 79.9. The van der Waals surface area contributed by atoms with E-state index in [1.165, 1.54) is 11.1 Å². The third kappa shape index (κ3) is 3.89. The Morgan fingerprint density at radius 3 is 2.54 bits per heavy atom. The van der Waals surface area contributed by atoms with Gasteiger partial charge in [-0.3, -0.25) is 10.1 Å². The number of amides is 1. The molecule has 3 rings (SSSR count). The Balaban J connectivity index is 1.67. The molecule has 2 aromatic carbocycles. The minimum Gasteiger partial charge on any atom is -0.407 e. The third-order valence-corrected chi connectivity index (χ3v) is 4.25. The molecule has 0 bridgehead atoms. The monoisotopic (exact) mass is 385 g/mol. The largest absolute Gasteiger partial charge is 0.407 e. The number of hydrogen-bond donors (Lipinski definition) is 1. The highest BCUT2D eigenvalue weighted by molar-refractivity contribution is 9.10. The molecule has 0 aliphatic heterocycles. The smallest absolute Gasteiger partial charge is 0.322 e. The Bertz CT molecular complexity index is 872. The van der Waals surface area contributed by atoms with Crippen molar-refractivity contribution >= 4 is 27.9 Å². The van der Waals surface area contributed by atoms with Gasteiger partial charge in [0.1, 0.15) is 0 Å². The molecule has 0 aliphatic rings. The summed E-state index contributed by atoms with van der Waals surface area (Å²) in [6.07, 6.45) is 0.530. The average molecular weight is 386 g/mol. The molecule has 1 heterocycles. The molecule has 1 N–H and O–H groups in total. The van der Waals surface area contributed by atoms with Gasteiger partial charge in [-0.15, -0.1) is 5.10 Å². The van der Waals surface area contributed by atoms with E-state index in [-0.39, 0.29) is 11.9 Å². The van der Waals surface area contributed by atoms with Crippen LogP contribution in [0.25, 0.3) is 0 Å². The number of hydrogen-bond acceptors (Lipinski definition) is 4. The van der Waals surface area contributed by atoms with Gasteiger partial charge in [-0.05, 0) is 54.8 Å². The molecule has 0 saturated heterocycles. The molecule has 0 fully saturated rings. The normalized spacial score (nSPS) is 10.6. The minimum atomic E-state index is -0.288. The van der Waals surface area contributed by atoms with Crippen LogP contribution in [0, 0.1) is 13.8 Å². The lowest BCUT2D eigenvalue weighted by Crippen LogP contribution is -2.11. The van der Waals surface area contributed by atoms with Gasteiger partial charge in [-0.25, -0.2) is 0 Å². The van der Waals surface area contributed by atoms with E-state index in [9.17, 15) is 4.79 Å². The maximum absolute atomic E-state index is 12.1. The molecule has 0 saturated carbocycles. The lowest BCUT2D eigenvalue weighted by atomic mass is 10.0. The molecule has 1 aromatic heterocycles. The first-order valence-electron chi connectivity index (χ1n) is 7.47. The number of aromatic nitrogens is 2. The summed E-state index contributed by atoms with van der Waals surface area (Å²) in [7, 11) is 0. The molecule has 24 heavy (non-hydrogen) atoms. The number of nitrogens with zero attached hydrogens (tertiary/aromatic N) is 2. The number of benzene rings is 2. The summed E-state index contributed by atoms with van der Waals surface area (Å²) in [6, 6.07) is 13.3. The summed E-state index contributed by atoms with van der Waals surface area (Å²) in [5, 5.41) is 10.5. The van der Waals surface area contributed by atoms with Gasteiger partial charge in [0, 0.05) is 10.0 Å². The Labute approximate surface area is 148 Å². The molecule has 0 unspecified atom stereocenters. The number of halogens is 1. The molecule has 0 atom stereocenters. The lowest BCUT2D eigenvalue weighted by molar-refractivity contribution is 0.102. The number of anilines is 1. The van der Waals surface area contributed by atoms with Crippen LogP contribution in [0.4, 0.5) is 6.01 Å². The zero-order chi connectivity index (χ0) is 17.1. The van der Waals surface area contributed by atoms with E-state index in [1.807, 2.05) is 6.07 Å². The van der Waals surface area contributed by atoms with Crippen LogP contribution in [0.2, 0.25) is 0 Å². The Morgan fingerprint density at radius 2 is 1.83 bits per heavy atom. The quantitative estimate of drug-likeness (QED) is 0.726. The number of nitrogens with one attached hydrogen (secondary N) is 1. The summed E-state index contributed by atoms with van der Waals surface area (Å²) in [5.41, 5.74) is 4.07. The molecule has 6 heteroatoms. The van der Waals surface area contributed by atoms with Crippen molar-refractivity contribution in [3.8, 4) is 0 Å². The molecule has 3 aromatic rings. The van der Waals surface area contributed by atoms with Gasteiger partial charge in [0.15, 0.2) is 0 Å². The van der Waals surface area contributed by atoms with Crippen molar-refractivity contribution in [2.75, 3.05) is 5.32 Å². The van der Waals surface area contributed by atoms with Crippen LogP contribution >= 0.6 is 15.9 Å². The molecule has 0 spiro atoms. The number of rotatable bonds is 4. The molecule has 5 nitrogen and oxygen atoms in total. The van der Waals surface area contributed by atoms with Crippen LogP contribution in [-0.4, -0.2) is 16.1 Å². The minimum absolute atomic E-state index is 0.0988. The van der Waals surface area contributed by atoms with Crippen molar-refractivity contribution in [2.24, 2.45) is 0 Å². The Kier molecular flexibility index (Phi) is 4.76. The topological polar surface area (TPSA) is 68.0 Å². The second-order valence-electron chi connectivity index (χ2n) is 5.56. The van der Waals surface area contributed by atoms with Crippen LogP contribution in [0.5, 0.6) is 0 Å². The Hall–Kier alpha value is -2.47. The molecule has 1 amide bonds. The standard InChI is InChI=1S/C18H16BrN3O2/c1-11-3-4-13(9-12(11)2)10-16-21-22-18(24-16)20-17(23)14-5-7-15(19)8-6-14/h3-9H,10H2,1-2H3,(H,20,22,23). The van der Waals surface area contributed by atoms with Crippen LogP contribution in [0.1, 0.15) is 32.9 Å². The summed E-state index contributed by atoms with van der Waals surface area (Å²) >= 11 is 3.33. The first-order valence-corrected chi connectivity index (χ1v) is 8.26. The van der Waals surface area contributed by atoms with Crippen LogP contribution in [0.3, 0.4) is 0 Å². The molecular weight excluding hydrogens is 370 g/mol. The SMILES string of the molecule is Cc1ccc(Cc2nnc(NC(=O)c3ccc(Br)cc3)o2)cc1C. The van der Waals surface area contributed by atoms with Crippen LogP contribution in [-0.2, 0) is 6.42 Å². The Morgan fingerprint density at radius 1 is 1.08 bits per heavy atom. The van der Waals surface area contributed by atoms with Crippen molar-refractivity contribution in [3.63, 3.8) is 0 Å². The fourth-order valence-corrected chi connectivity index (χ4v) is 2.50. The van der Waals surface area contributed by atoms with Crippen LogP contribution < -0.4 is 5.32 Å². The van der Waals surface area contributed by atoms with Crippen LogP contribution in [0.15, 0.2) is 51.4 Å². The lowest BCUT2D eigenvalue weighted by Gasteiger charge is -2.03. The summed E-state index contributed by atoms with van der Waals surface area (Å²) < 4.78 is 6.42. The van der Waals surface area contributed by atoms with E-state index in [4.69, 9.17) is 4.42 Å². The first-order chi connectivity index (χ1) is 11.5. The van der Waals surface area contributed by atoms with E-state index in [2.05, 4.69) is 57.4 Å². The average Bonchev–Trinajstić information content (AvgIpc) is 2.98. The molecular formula is C18H16BrN3O2. The van der Waals surface area contributed by atoms with E-state index in [1.54, 1.807) is 24.3 Å². The predicted octanol–water partition coefficient (Wildman–Crippen LogP) is 4.29. The van der Waals surface area contributed by atoms with Gasteiger partial charge in [-0.1, -0.05) is 39.2 Å².